The number of benzene rings is 2. The first-order valence-electron chi connectivity index (χ1n) is 8.44. The second kappa shape index (κ2) is 11.2. The predicted octanol–water partition coefficient (Wildman–Crippen LogP) is 4.18. The first kappa shape index (κ1) is 24.4. The van der Waals surface area contributed by atoms with Crippen LogP contribution in [-0.4, -0.2) is 23.9 Å². The molecule has 6 heteroatoms. The van der Waals surface area contributed by atoms with Gasteiger partial charge in [-0.15, -0.1) is 24.8 Å². The summed E-state index contributed by atoms with van der Waals surface area (Å²) in [5.41, 5.74) is 7.94. The van der Waals surface area contributed by atoms with Gasteiger partial charge in [0.15, 0.2) is 0 Å². The van der Waals surface area contributed by atoms with Crippen LogP contribution in [0.1, 0.15) is 31.9 Å². The highest BCUT2D eigenvalue weighted by molar-refractivity contribution is 5.98. The molecule has 2 aromatic rings. The van der Waals surface area contributed by atoms with Crippen LogP contribution >= 0.6 is 24.8 Å². The summed E-state index contributed by atoms with van der Waals surface area (Å²) >= 11 is 0. The van der Waals surface area contributed by atoms with Gasteiger partial charge in [-0.05, 0) is 43.3 Å². The van der Waals surface area contributed by atoms with E-state index in [4.69, 9.17) is 5.73 Å². The van der Waals surface area contributed by atoms with E-state index in [1.54, 1.807) is 6.92 Å². The molecular formula is C20H29Cl2N3O. The Labute approximate surface area is 169 Å². The van der Waals surface area contributed by atoms with Gasteiger partial charge in [0.2, 0.25) is 5.91 Å². The van der Waals surface area contributed by atoms with Crippen molar-refractivity contribution in [2.24, 2.45) is 5.73 Å². The largest absolute Gasteiger partial charge is 0.324 e. The van der Waals surface area contributed by atoms with Crippen molar-refractivity contribution in [3.63, 3.8) is 0 Å². The molecule has 1 amide bonds. The molecule has 0 saturated heterocycles. The lowest BCUT2D eigenvalue weighted by Crippen LogP contribution is -2.45. The van der Waals surface area contributed by atoms with Crippen LogP contribution in [0.4, 0.5) is 5.69 Å². The molecule has 0 bridgehead atoms. The van der Waals surface area contributed by atoms with E-state index in [1.165, 1.54) is 5.56 Å². The lowest BCUT2D eigenvalue weighted by Gasteiger charge is -2.24. The highest BCUT2D eigenvalue weighted by atomic mass is 35.5. The minimum atomic E-state index is -1.07. The Balaban J connectivity index is 0.00000312. The first-order chi connectivity index (χ1) is 11.5. The highest BCUT2D eigenvalue weighted by Gasteiger charge is 2.30. The maximum absolute atomic E-state index is 12.6. The molecule has 0 aromatic heterocycles. The predicted molar refractivity (Wildman–Crippen MR) is 114 cm³/mol. The van der Waals surface area contributed by atoms with Crippen LogP contribution in [-0.2, 0) is 16.9 Å². The summed E-state index contributed by atoms with van der Waals surface area (Å²) in [6.07, 6.45) is 0. The number of carbonyl (C=O) groups is 1. The van der Waals surface area contributed by atoms with Crippen LogP contribution in [0.2, 0.25) is 0 Å². The van der Waals surface area contributed by atoms with Gasteiger partial charge in [-0.25, -0.2) is 0 Å². The molecule has 0 aliphatic carbocycles. The van der Waals surface area contributed by atoms with Gasteiger partial charge >= 0.3 is 0 Å². The van der Waals surface area contributed by atoms with Crippen LogP contribution in [0.15, 0.2) is 54.6 Å². The molecule has 0 radical (unpaired) electrons. The fraction of sp³-hybridized carbons (Fsp3) is 0.350. The van der Waals surface area contributed by atoms with Crippen LogP contribution in [0.5, 0.6) is 0 Å². The number of hydrogen-bond acceptors (Lipinski definition) is 3. The third-order valence-electron chi connectivity index (χ3n) is 4.33. The van der Waals surface area contributed by atoms with Crippen molar-refractivity contribution in [2.75, 3.05) is 18.4 Å². The maximum Gasteiger partial charge on any atom is 0.248 e. The van der Waals surface area contributed by atoms with E-state index in [9.17, 15) is 4.79 Å². The molecule has 26 heavy (non-hydrogen) atoms. The number of nitrogens with zero attached hydrogens (tertiary/aromatic N) is 1. The Morgan fingerprint density at radius 3 is 2.23 bits per heavy atom. The fourth-order valence-electron chi connectivity index (χ4n) is 2.63. The average Bonchev–Trinajstić information content (AvgIpc) is 2.60. The van der Waals surface area contributed by atoms with Gasteiger partial charge in [0.05, 0.1) is 0 Å². The number of rotatable bonds is 7. The van der Waals surface area contributed by atoms with Gasteiger partial charge in [-0.1, -0.05) is 56.3 Å². The summed E-state index contributed by atoms with van der Waals surface area (Å²) in [5, 5.41) is 2.95. The topological polar surface area (TPSA) is 58.4 Å². The number of nitrogens with one attached hydrogen (secondary N) is 1. The molecule has 2 aromatic carbocycles. The number of carbonyl (C=O) groups excluding carboxylic acids is 1. The Bertz CT molecular complexity index is 674. The van der Waals surface area contributed by atoms with E-state index in [0.717, 1.165) is 30.9 Å². The maximum atomic E-state index is 12.6. The van der Waals surface area contributed by atoms with Crippen molar-refractivity contribution in [3.05, 3.63) is 65.7 Å². The van der Waals surface area contributed by atoms with Crippen molar-refractivity contribution in [1.29, 1.82) is 0 Å². The van der Waals surface area contributed by atoms with E-state index in [-0.39, 0.29) is 30.7 Å². The number of anilines is 1. The van der Waals surface area contributed by atoms with E-state index in [1.807, 2.05) is 48.5 Å². The summed E-state index contributed by atoms with van der Waals surface area (Å²) in [6.45, 7) is 8.90. The molecule has 0 aliphatic rings. The lowest BCUT2D eigenvalue weighted by molar-refractivity contribution is -0.120. The zero-order valence-electron chi connectivity index (χ0n) is 15.6. The van der Waals surface area contributed by atoms with Crippen LogP contribution in [0, 0.1) is 0 Å². The normalized spacial score (nSPS) is 12.5. The van der Waals surface area contributed by atoms with Gasteiger partial charge < -0.3 is 11.1 Å². The van der Waals surface area contributed by atoms with Crippen LogP contribution in [0.25, 0.3) is 0 Å². The molecule has 2 rings (SSSR count). The standard InChI is InChI=1S/C20H27N3O.2ClH/c1-4-23(5-2)15-16-10-9-13-18(14-16)22-19(24)20(3,21)17-11-7-6-8-12-17;;/h6-14H,4-5,15,21H2,1-3H3,(H,22,24);2*1H. The van der Waals surface area contributed by atoms with Crippen molar-refractivity contribution in [3.8, 4) is 0 Å². The molecule has 1 unspecified atom stereocenters. The Hall–Kier alpha value is -1.59. The fourth-order valence-corrected chi connectivity index (χ4v) is 2.63. The third-order valence-corrected chi connectivity index (χ3v) is 4.33. The zero-order valence-corrected chi connectivity index (χ0v) is 17.2. The van der Waals surface area contributed by atoms with Crippen molar-refractivity contribution >= 4 is 36.4 Å². The number of amides is 1. The molecule has 0 spiro atoms. The molecule has 0 fully saturated rings. The van der Waals surface area contributed by atoms with E-state index in [2.05, 4.69) is 30.1 Å². The second-order valence-electron chi connectivity index (χ2n) is 6.18. The molecule has 1 atom stereocenters. The molecule has 4 nitrogen and oxygen atoms in total. The first-order valence-corrected chi connectivity index (χ1v) is 8.44. The number of nitrogens with two attached hydrogens (primary N) is 1. The van der Waals surface area contributed by atoms with Gasteiger partial charge in [-0.3, -0.25) is 9.69 Å². The molecule has 144 valence electrons. The minimum Gasteiger partial charge on any atom is -0.324 e. The average molecular weight is 398 g/mol. The van der Waals surface area contributed by atoms with E-state index in [0.29, 0.717) is 0 Å². The molecule has 0 heterocycles. The van der Waals surface area contributed by atoms with Crippen molar-refractivity contribution < 1.29 is 4.79 Å². The molecule has 0 saturated carbocycles. The zero-order chi connectivity index (χ0) is 17.6. The summed E-state index contributed by atoms with van der Waals surface area (Å²) in [5.74, 6) is -0.214. The van der Waals surface area contributed by atoms with Gasteiger partial charge in [0.25, 0.3) is 0 Å². The van der Waals surface area contributed by atoms with Crippen molar-refractivity contribution in [1.82, 2.24) is 4.90 Å². The molecule has 0 aliphatic heterocycles. The summed E-state index contributed by atoms with van der Waals surface area (Å²) in [4.78, 5) is 15.0. The van der Waals surface area contributed by atoms with E-state index >= 15 is 0 Å². The Kier molecular flexibility index (Phi) is 10.5. The van der Waals surface area contributed by atoms with Gasteiger partial charge in [-0.2, -0.15) is 0 Å². The van der Waals surface area contributed by atoms with Crippen LogP contribution in [0.3, 0.4) is 0 Å². The third kappa shape index (κ3) is 6.29. The number of hydrogen-bond donors (Lipinski definition) is 2. The number of halogens is 2. The minimum absolute atomic E-state index is 0. The summed E-state index contributed by atoms with van der Waals surface area (Å²) in [7, 11) is 0. The molecular weight excluding hydrogens is 369 g/mol. The summed E-state index contributed by atoms with van der Waals surface area (Å²) in [6, 6.07) is 17.4. The quantitative estimate of drug-likeness (QED) is 0.736. The Morgan fingerprint density at radius 2 is 1.65 bits per heavy atom. The summed E-state index contributed by atoms with van der Waals surface area (Å²) < 4.78 is 0. The lowest BCUT2D eigenvalue weighted by atomic mass is 9.92. The monoisotopic (exact) mass is 397 g/mol. The Morgan fingerprint density at radius 1 is 1.04 bits per heavy atom. The SMILES string of the molecule is CCN(CC)Cc1cccc(NC(=O)C(C)(N)c2ccccc2)c1.Cl.Cl. The molecule has 3 N–H and O–H groups in total. The van der Waals surface area contributed by atoms with Crippen molar-refractivity contribution in [2.45, 2.75) is 32.9 Å². The highest BCUT2D eigenvalue weighted by Crippen LogP contribution is 2.21. The smallest absolute Gasteiger partial charge is 0.248 e. The van der Waals surface area contributed by atoms with Crippen LogP contribution < -0.4 is 11.1 Å². The van der Waals surface area contributed by atoms with Gasteiger partial charge in [0, 0.05) is 12.2 Å². The van der Waals surface area contributed by atoms with E-state index < -0.39 is 5.54 Å². The van der Waals surface area contributed by atoms with Gasteiger partial charge in [0.1, 0.15) is 5.54 Å². The second-order valence-corrected chi connectivity index (χ2v) is 6.18.